The third-order valence-corrected chi connectivity index (χ3v) is 3.38. The summed E-state index contributed by atoms with van der Waals surface area (Å²) in [4.78, 5) is 11.6. The lowest BCUT2D eigenvalue weighted by molar-refractivity contribution is 0.832. The lowest BCUT2D eigenvalue weighted by atomic mass is 10.0. The van der Waals surface area contributed by atoms with Crippen LogP contribution in [0.25, 0.3) is 5.57 Å². The molecule has 1 heterocycles. The van der Waals surface area contributed by atoms with Crippen LogP contribution in [0.4, 0.5) is 0 Å². The maximum absolute atomic E-state index is 11.6. The molecule has 2 aromatic rings. The summed E-state index contributed by atoms with van der Waals surface area (Å²) >= 11 is 0. The van der Waals surface area contributed by atoms with Crippen LogP contribution in [0.3, 0.4) is 0 Å². The zero-order valence-corrected chi connectivity index (χ0v) is 11.5. The molecule has 0 bridgehead atoms. The maximum atomic E-state index is 11.6. The summed E-state index contributed by atoms with van der Waals surface area (Å²) in [5, 5.41) is 0. The predicted molar refractivity (Wildman–Crippen MR) is 80.2 cm³/mol. The van der Waals surface area contributed by atoms with Gasteiger partial charge in [-0.3, -0.25) is 4.79 Å². The fraction of sp³-hybridized carbons (Fsp3) is 0.235. The van der Waals surface area contributed by atoms with Gasteiger partial charge in [-0.1, -0.05) is 42.5 Å². The van der Waals surface area contributed by atoms with Crippen molar-refractivity contribution in [3.8, 4) is 0 Å². The van der Waals surface area contributed by atoms with Crippen molar-refractivity contribution in [2.24, 2.45) is 7.05 Å². The Kier molecular flexibility index (Phi) is 4.00. The van der Waals surface area contributed by atoms with Gasteiger partial charge in [0.2, 0.25) is 0 Å². The van der Waals surface area contributed by atoms with Gasteiger partial charge in [0, 0.05) is 18.8 Å². The fourth-order valence-corrected chi connectivity index (χ4v) is 2.10. The van der Waals surface area contributed by atoms with Gasteiger partial charge in [-0.05, 0) is 37.0 Å². The molecule has 0 unspecified atom stereocenters. The number of pyridine rings is 1. The molecule has 0 spiro atoms. The Bertz CT molecular complexity index is 635. The second kappa shape index (κ2) is 5.70. The summed E-state index contributed by atoms with van der Waals surface area (Å²) < 4.78 is 1.65. The van der Waals surface area contributed by atoms with Gasteiger partial charge in [0.15, 0.2) is 0 Å². The topological polar surface area (TPSA) is 22.0 Å². The highest BCUT2D eigenvalue weighted by molar-refractivity contribution is 5.60. The van der Waals surface area contributed by atoms with E-state index in [1.54, 1.807) is 23.7 Å². The highest BCUT2D eigenvalue weighted by Crippen LogP contribution is 2.17. The smallest absolute Gasteiger partial charge is 0.250 e. The molecule has 0 aliphatic carbocycles. The molecule has 1 aromatic carbocycles. The average molecular weight is 253 g/mol. The van der Waals surface area contributed by atoms with Crippen LogP contribution in [0.1, 0.15) is 23.2 Å². The van der Waals surface area contributed by atoms with Gasteiger partial charge in [0.25, 0.3) is 5.56 Å². The molecule has 0 aliphatic rings. The molecule has 0 N–H and O–H groups in total. The zero-order valence-electron chi connectivity index (χ0n) is 11.5. The van der Waals surface area contributed by atoms with E-state index in [1.807, 2.05) is 6.07 Å². The molecule has 2 nitrogen and oxygen atoms in total. The minimum atomic E-state index is 0.00832. The van der Waals surface area contributed by atoms with Crippen LogP contribution in [-0.2, 0) is 13.5 Å². The number of benzene rings is 1. The zero-order chi connectivity index (χ0) is 13.8. The average Bonchev–Trinajstić information content (AvgIpc) is 2.41. The van der Waals surface area contributed by atoms with Gasteiger partial charge in [-0.15, -0.1) is 0 Å². The van der Waals surface area contributed by atoms with Crippen molar-refractivity contribution in [3.05, 3.63) is 76.2 Å². The molecule has 2 rings (SSSR count). The van der Waals surface area contributed by atoms with Gasteiger partial charge in [-0.25, -0.2) is 0 Å². The maximum Gasteiger partial charge on any atom is 0.250 e. The van der Waals surface area contributed by atoms with Crippen molar-refractivity contribution in [1.82, 2.24) is 4.57 Å². The van der Waals surface area contributed by atoms with Gasteiger partial charge in [-0.2, -0.15) is 0 Å². The number of aromatic nitrogens is 1. The molecular formula is C17H19NO. The van der Waals surface area contributed by atoms with E-state index in [4.69, 9.17) is 0 Å². The molecule has 0 fully saturated rings. The first kappa shape index (κ1) is 13.3. The Morgan fingerprint density at radius 3 is 2.53 bits per heavy atom. The van der Waals surface area contributed by atoms with Crippen molar-refractivity contribution < 1.29 is 0 Å². The summed E-state index contributed by atoms with van der Waals surface area (Å²) in [6.07, 6.45) is 1.81. The summed E-state index contributed by atoms with van der Waals surface area (Å²) in [7, 11) is 1.79. The first-order valence-corrected chi connectivity index (χ1v) is 6.47. The van der Waals surface area contributed by atoms with Crippen LogP contribution in [0.15, 0.2) is 53.8 Å². The molecule has 0 radical (unpaired) electrons. The van der Waals surface area contributed by atoms with Crippen molar-refractivity contribution in [2.45, 2.75) is 19.8 Å². The van der Waals surface area contributed by atoms with E-state index in [2.05, 4.69) is 37.8 Å². The number of hydrogen-bond acceptors (Lipinski definition) is 1. The fourth-order valence-electron chi connectivity index (χ4n) is 2.10. The number of rotatable bonds is 4. The predicted octanol–water partition coefficient (Wildman–Crippen LogP) is 3.34. The summed E-state index contributed by atoms with van der Waals surface area (Å²) in [5.74, 6) is 0. The van der Waals surface area contributed by atoms with E-state index in [0.717, 1.165) is 24.1 Å². The molecule has 0 amide bonds. The van der Waals surface area contributed by atoms with E-state index in [9.17, 15) is 4.79 Å². The lowest BCUT2D eigenvalue weighted by Crippen LogP contribution is -2.18. The van der Waals surface area contributed by atoms with Crippen LogP contribution >= 0.6 is 0 Å². The van der Waals surface area contributed by atoms with Crippen molar-refractivity contribution in [3.63, 3.8) is 0 Å². The normalized spacial score (nSPS) is 10.4. The van der Waals surface area contributed by atoms with Crippen LogP contribution in [0.5, 0.6) is 0 Å². The minimum absolute atomic E-state index is 0.00832. The highest BCUT2D eigenvalue weighted by Gasteiger charge is 2.04. The Morgan fingerprint density at radius 2 is 1.84 bits per heavy atom. The van der Waals surface area contributed by atoms with E-state index in [0.29, 0.717) is 0 Å². The summed E-state index contributed by atoms with van der Waals surface area (Å²) in [6.45, 7) is 6.19. The van der Waals surface area contributed by atoms with Crippen LogP contribution in [0.2, 0.25) is 0 Å². The van der Waals surface area contributed by atoms with Gasteiger partial charge in [0.1, 0.15) is 0 Å². The van der Waals surface area contributed by atoms with Gasteiger partial charge >= 0.3 is 0 Å². The number of nitrogens with zero attached hydrogens (tertiary/aromatic N) is 1. The van der Waals surface area contributed by atoms with Gasteiger partial charge < -0.3 is 4.57 Å². The van der Waals surface area contributed by atoms with Crippen LogP contribution in [-0.4, -0.2) is 4.57 Å². The number of hydrogen-bond donors (Lipinski definition) is 0. The number of allylic oxidation sites excluding steroid dienone is 1. The van der Waals surface area contributed by atoms with Crippen molar-refractivity contribution >= 4 is 5.57 Å². The minimum Gasteiger partial charge on any atom is -0.312 e. The molecule has 1 aromatic heterocycles. The van der Waals surface area contributed by atoms with E-state index >= 15 is 0 Å². The third kappa shape index (κ3) is 3.22. The van der Waals surface area contributed by atoms with E-state index in [1.165, 1.54) is 11.1 Å². The molecule has 0 saturated heterocycles. The van der Waals surface area contributed by atoms with Crippen molar-refractivity contribution in [1.29, 1.82) is 0 Å². The number of aryl methyl sites for hydroxylation is 2. The second-order valence-electron chi connectivity index (χ2n) is 4.90. The molecule has 98 valence electrons. The standard InChI is InChI=1S/C17H19NO/c1-13-7-10-15(11-8-13)12-9-14(2)16-5-4-6-17(19)18(16)3/h4-8,10-11H,2,9,12H2,1,3H3. The first-order valence-electron chi connectivity index (χ1n) is 6.47. The van der Waals surface area contributed by atoms with Crippen LogP contribution < -0.4 is 5.56 Å². The largest absolute Gasteiger partial charge is 0.312 e. The molecular weight excluding hydrogens is 234 g/mol. The highest BCUT2D eigenvalue weighted by atomic mass is 16.1. The first-order chi connectivity index (χ1) is 9.08. The summed E-state index contributed by atoms with van der Waals surface area (Å²) in [6, 6.07) is 13.8. The third-order valence-electron chi connectivity index (χ3n) is 3.38. The summed E-state index contributed by atoms with van der Waals surface area (Å²) in [5.41, 5.74) is 4.50. The van der Waals surface area contributed by atoms with E-state index < -0.39 is 0 Å². The van der Waals surface area contributed by atoms with E-state index in [-0.39, 0.29) is 5.56 Å². The Labute approximate surface area is 114 Å². The SMILES string of the molecule is C=C(CCc1ccc(C)cc1)c1cccc(=O)n1C. The van der Waals surface area contributed by atoms with Crippen molar-refractivity contribution in [2.75, 3.05) is 0 Å². The molecule has 0 saturated carbocycles. The molecule has 2 heteroatoms. The Hall–Kier alpha value is -2.09. The quantitative estimate of drug-likeness (QED) is 0.819. The lowest BCUT2D eigenvalue weighted by Gasteiger charge is -2.10. The monoisotopic (exact) mass is 253 g/mol. The van der Waals surface area contributed by atoms with Crippen LogP contribution in [0, 0.1) is 6.92 Å². The van der Waals surface area contributed by atoms with Gasteiger partial charge in [0.05, 0.1) is 0 Å². The Morgan fingerprint density at radius 1 is 1.16 bits per heavy atom. The molecule has 0 atom stereocenters. The second-order valence-corrected chi connectivity index (χ2v) is 4.90. The molecule has 19 heavy (non-hydrogen) atoms. The Balaban J connectivity index is 2.07. The molecule has 0 aliphatic heterocycles.